The maximum atomic E-state index is 16.2. The molecule has 0 aliphatic carbocycles. The molecule has 3 fully saturated rings. The van der Waals surface area contributed by atoms with E-state index >= 15 is 4.39 Å². The van der Waals surface area contributed by atoms with Gasteiger partial charge in [-0.15, -0.1) is 11.3 Å². The van der Waals surface area contributed by atoms with Crippen molar-refractivity contribution in [2.45, 2.75) is 123 Å². The highest BCUT2D eigenvalue weighted by atomic mass is 32.1. The number of alkyl halides is 3. The van der Waals surface area contributed by atoms with Crippen LogP contribution in [0, 0.1) is 24.5 Å². The number of hydrogen-bond acceptors (Lipinski definition) is 14. The molecule has 448 valence electrons. The predicted octanol–water partition coefficient (Wildman–Crippen LogP) is 10.9. The van der Waals surface area contributed by atoms with Crippen LogP contribution in [0.2, 0.25) is 0 Å². The second-order valence-corrected chi connectivity index (χ2v) is 23.4. The number of hydrogen-bond donors (Lipinski definition) is 2. The van der Waals surface area contributed by atoms with Crippen LogP contribution in [0.5, 0.6) is 5.88 Å². The third kappa shape index (κ3) is 14.2. The van der Waals surface area contributed by atoms with E-state index in [1.807, 2.05) is 93.1 Å². The lowest BCUT2D eigenvalue weighted by atomic mass is 9.91. The molecule has 2 N–H and O–H groups in total. The van der Waals surface area contributed by atoms with Gasteiger partial charge < -0.3 is 39.5 Å². The first-order valence-electron chi connectivity index (χ1n) is 28.7. The number of anilines is 3. The number of aryl methyl sites for hydroxylation is 1. The summed E-state index contributed by atoms with van der Waals surface area (Å²) in [6.07, 6.45) is 2.56. The molecule has 3 aromatic heterocycles. The molecule has 4 amide bonds. The fraction of sp³-hybridized carbons (Fsp3) is 0.475. The number of carbonyl (C=O) groups is 4. The molecule has 0 saturated carbocycles. The zero-order chi connectivity index (χ0) is 60.0. The summed E-state index contributed by atoms with van der Waals surface area (Å²) in [5.74, 6) is -3.04. The second-order valence-electron chi connectivity index (χ2n) is 22.5. The Morgan fingerprint density at radius 2 is 1.54 bits per heavy atom. The van der Waals surface area contributed by atoms with Crippen LogP contribution in [0.15, 0.2) is 83.1 Å². The number of thiazole rings is 1. The van der Waals surface area contributed by atoms with Crippen molar-refractivity contribution in [3.63, 3.8) is 0 Å². The van der Waals surface area contributed by atoms with Gasteiger partial charge in [0.1, 0.15) is 23.6 Å². The number of benzene rings is 3. The highest BCUT2D eigenvalue weighted by molar-refractivity contribution is 7.13. The Kier molecular flexibility index (Phi) is 19.3. The zero-order valence-electron chi connectivity index (χ0n) is 48.3. The van der Waals surface area contributed by atoms with Gasteiger partial charge in [-0.05, 0) is 113 Å². The molecule has 3 aliphatic heterocycles. The van der Waals surface area contributed by atoms with E-state index in [0.717, 1.165) is 46.7 Å². The first-order valence-corrected chi connectivity index (χ1v) is 29.6. The van der Waals surface area contributed by atoms with E-state index in [9.17, 15) is 36.7 Å². The molecule has 23 heteroatoms. The summed E-state index contributed by atoms with van der Waals surface area (Å²) in [5.41, 5.74) is 3.22. The molecule has 0 bridgehead atoms. The van der Waals surface area contributed by atoms with Gasteiger partial charge in [0.15, 0.2) is 5.76 Å². The minimum atomic E-state index is -5.02. The number of ether oxygens (including phenoxy) is 1. The Bertz CT molecular complexity index is 3270. The first-order chi connectivity index (χ1) is 40.1. The van der Waals surface area contributed by atoms with Crippen LogP contribution in [0.25, 0.3) is 21.6 Å². The molecular weight excluding hydrogens is 1110 g/mol. The van der Waals surface area contributed by atoms with E-state index < -0.39 is 46.8 Å². The zero-order valence-corrected chi connectivity index (χ0v) is 49.2. The summed E-state index contributed by atoms with van der Waals surface area (Å²) in [4.78, 5) is 78.6. The molecule has 5 atom stereocenters. The number of nitrogens with one attached hydrogen (secondary N) is 2. The SMILES string of the molecule is Cc1ncsc1-c1ccc(C(C)NC(=O)C2CCCN2C(=O)C(c2cc(OCCCCCCC(=O)N3CCN(c4ncc(-c5cc(NC(=O)c6ccc(F)cc6C(F)(F)F)c(N6CC(C)N(C)C(C)C6)cc5F)cn4)CC3)no2)C(C)C)cc1. The number of likely N-dealkylation sites (N-methyl/N-ethyl adjacent to an activating group) is 1. The standard InChI is InChI=1S/C61H72F5N11O6S/c1-36(2)55(59(81)77-21-12-13-50(77)58(80)70-39(5)41-15-17-42(18-16-41)56-40(6)69-35-84-56)52-30-53(72-83-52)82-26-11-9-8-10-14-54(78)74-22-24-75(25-23-74)60-67-31-43(32-68-60)46-28-49(51(29-48(46)63)76-33-37(3)73(7)38(4)34-76)71-57(79)45-20-19-44(62)27-47(45)61(64,65)66/h15-20,27-32,35-39,50,55H,8-14,21-26,33-34H2,1-7H3,(H,70,80)(H,71,79). The Morgan fingerprint density at radius 1 is 0.833 bits per heavy atom. The van der Waals surface area contributed by atoms with Gasteiger partial charge in [-0.1, -0.05) is 51.0 Å². The fourth-order valence-corrected chi connectivity index (χ4v) is 12.1. The van der Waals surface area contributed by atoms with Gasteiger partial charge in [-0.2, -0.15) is 13.2 Å². The lowest BCUT2D eigenvalue weighted by Crippen LogP contribution is -2.55. The van der Waals surface area contributed by atoms with Crippen molar-refractivity contribution in [3.8, 4) is 27.4 Å². The summed E-state index contributed by atoms with van der Waals surface area (Å²) in [6.45, 7) is 15.3. The van der Waals surface area contributed by atoms with Gasteiger partial charge in [0, 0.05) is 93.9 Å². The number of likely N-dealkylation sites (tertiary alicyclic amines) is 1. The van der Waals surface area contributed by atoms with Crippen LogP contribution in [0.1, 0.15) is 124 Å². The summed E-state index contributed by atoms with van der Waals surface area (Å²) in [6, 6.07) is 13.4. The number of nitrogens with zero attached hydrogens (tertiary/aromatic N) is 9. The molecule has 0 spiro atoms. The van der Waals surface area contributed by atoms with E-state index in [4.69, 9.17) is 9.26 Å². The van der Waals surface area contributed by atoms with Crippen molar-refractivity contribution in [3.05, 3.63) is 118 Å². The molecule has 0 radical (unpaired) electrons. The molecule has 3 saturated heterocycles. The second kappa shape index (κ2) is 26.6. The van der Waals surface area contributed by atoms with Crippen LogP contribution in [0.3, 0.4) is 0 Å². The normalized spacial score (nSPS) is 18.5. The lowest BCUT2D eigenvalue weighted by molar-refractivity contribution is -0.141. The Morgan fingerprint density at radius 3 is 2.20 bits per heavy atom. The minimum Gasteiger partial charge on any atom is -0.476 e. The number of piperazine rings is 2. The summed E-state index contributed by atoms with van der Waals surface area (Å²) in [5, 5.41) is 9.82. The highest BCUT2D eigenvalue weighted by Gasteiger charge is 2.41. The number of rotatable bonds is 20. The van der Waals surface area contributed by atoms with Gasteiger partial charge in [-0.3, -0.25) is 24.1 Å². The van der Waals surface area contributed by atoms with Crippen LogP contribution in [0.4, 0.5) is 39.3 Å². The number of unbranched alkanes of at least 4 members (excludes halogenated alkanes) is 3. The summed E-state index contributed by atoms with van der Waals surface area (Å²) >= 11 is 1.59. The minimum absolute atomic E-state index is 0.00595. The first kappa shape index (κ1) is 61.0. The monoisotopic (exact) mass is 1180 g/mol. The molecule has 3 aliphatic rings. The van der Waals surface area contributed by atoms with E-state index in [-0.39, 0.29) is 76.2 Å². The smallest absolute Gasteiger partial charge is 0.417 e. The van der Waals surface area contributed by atoms with Crippen LogP contribution in [-0.4, -0.2) is 136 Å². The molecular formula is C61H72F5N11O6S. The fourth-order valence-electron chi connectivity index (χ4n) is 11.3. The van der Waals surface area contributed by atoms with E-state index in [0.29, 0.717) is 96.2 Å². The number of carbonyl (C=O) groups excluding carboxylic acids is 4. The van der Waals surface area contributed by atoms with Crippen molar-refractivity contribution in [1.82, 2.24) is 40.1 Å². The van der Waals surface area contributed by atoms with Crippen molar-refractivity contribution >= 4 is 52.3 Å². The quantitative estimate of drug-likeness (QED) is 0.0545. The van der Waals surface area contributed by atoms with Crippen molar-refractivity contribution in [2.75, 3.05) is 74.6 Å². The van der Waals surface area contributed by atoms with Crippen molar-refractivity contribution in [2.24, 2.45) is 5.92 Å². The van der Waals surface area contributed by atoms with Crippen LogP contribution >= 0.6 is 11.3 Å². The predicted molar refractivity (Wildman–Crippen MR) is 311 cm³/mol. The number of aromatic nitrogens is 4. The lowest BCUT2D eigenvalue weighted by Gasteiger charge is -2.44. The van der Waals surface area contributed by atoms with Crippen LogP contribution in [-0.2, 0) is 20.6 Å². The maximum Gasteiger partial charge on any atom is 0.417 e. The third-order valence-corrected chi connectivity index (χ3v) is 17.3. The number of halogens is 5. The molecule has 6 aromatic rings. The van der Waals surface area contributed by atoms with Gasteiger partial charge in [0.05, 0.1) is 51.2 Å². The van der Waals surface area contributed by atoms with Gasteiger partial charge >= 0.3 is 6.18 Å². The molecule has 6 heterocycles. The molecule has 84 heavy (non-hydrogen) atoms. The average Bonchev–Trinajstić information content (AvgIpc) is 3.57. The van der Waals surface area contributed by atoms with Gasteiger partial charge in [0.25, 0.3) is 11.8 Å². The summed E-state index contributed by atoms with van der Waals surface area (Å²) in [7, 11) is 1.97. The molecule has 17 nitrogen and oxygen atoms in total. The number of amides is 4. The Hall–Kier alpha value is -7.53. The maximum absolute atomic E-state index is 16.2. The van der Waals surface area contributed by atoms with Crippen LogP contribution < -0.4 is 25.2 Å². The van der Waals surface area contributed by atoms with Gasteiger partial charge in [-0.25, -0.2) is 23.7 Å². The topological polar surface area (TPSA) is 182 Å². The van der Waals surface area contributed by atoms with Gasteiger partial charge in [0.2, 0.25) is 23.7 Å². The largest absolute Gasteiger partial charge is 0.476 e. The highest BCUT2D eigenvalue weighted by Crippen LogP contribution is 2.39. The molecule has 3 aromatic carbocycles. The van der Waals surface area contributed by atoms with Crippen molar-refractivity contribution < 1.29 is 50.4 Å². The van der Waals surface area contributed by atoms with E-state index in [2.05, 4.69) is 35.6 Å². The average molecular weight is 1180 g/mol. The Balaban J connectivity index is 0.715. The molecule has 9 rings (SSSR count). The third-order valence-electron chi connectivity index (χ3n) is 16.3. The Labute approximate surface area is 489 Å². The molecule has 5 unspecified atom stereocenters. The van der Waals surface area contributed by atoms with E-state index in [1.54, 1.807) is 22.3 Å². The summed E-state index contributed by atoms with van der Waals surface area (Å²) < 4.78 is 83.8. The van der Waals surface area contributed by atoms with E-state index in [1.165, 1.54) is 24.5 Å². The van der Waals surface area contributed by atoms with Crippen molar-refractivity contribution in [1.29, 1.82) is 0 Å².